The van der Waals surface area contributed by atoms with E-state index in [9.17, 15) is 9.59 Å². The molecule has 0 bridgehead atoms. The maximum absolute atomic E-state index is 12.2. The molecule has 2 saturated carbocycles. The van der Waals surface area contributed by atoms with Crippen molar-refractivity contribution in [2.45, 2.75) is 51.0 Å². The van der Waals surface area contributed by atoms with Gasteiger partial charge in [-0.05, 0) is 31.1 Å². The van der Waals surface area contributed by atoms with E-state index in [-0.39, 0.29) is 18.4 Å². The topological polar surface area (TPSA) is 75.6 Å². The highest BCUT2D eigenvalue weighted by molar-refractivity contribution is 5.85. The Labute approximate surface area is 120 Å². The average Bonchev–Trinajstić information content (AvgIpc) is 2.46. The maximum atomic E-state index is 12.2. The second kappa shape index (κ2) is 7.07. The quantitative estimate of drug-likeness (QED) is 0.807. The second-order valence-electron chi connectivity index (χ2n) is 6.17. The van der Waals surface area contributed by atoms with Crippen LogP contribution in [-0.2, 0) is 14.3 Å². The maximum Gasteiger partial charge on any atom is 0.328 e. The van der Waals surface area contributed by atoms with Gasteiger partial charge in [0.1, 0.15) is 0 Å². The summed E-state index contributed by atoms with van der Waals surface area (Å²) in [6.07, 6.45) is 8.08. The van der Waals surface area contributed by atoms with Crippen molar-refractivity contribution in [1.82, 2.24) is 5.32 Å². The summed E-state index contributed by atoms with van der Waals surface area (Å²) in [5, 5.41) is 11.7. The molecule has 0 aromatic carbocycles. The molecule has 5 heteroatoms. The summed E-state index contributed by atoms with van der Waals surface area (Å²) in [6.45, 7) is 0.0137. The van der Waals surface area contributed by atoms with Crippen molar-refractivity contribution >= 4 is 11.9 Å². The molecule has 4 atom stereocenters. The molecule has 0 spiro atoms. The third-order valence-electron chi connectivity index (χ3n) is 4.86. The van der Waals surface area contributed by atoms with Gasteiger partial charge in [-0.3, -0.25) is 4.79 Å². The zero-order valence-corrected chi connectivity index (χ0v) is 12.1. The second-order valence-corrected chi connectivity index (χ2v) is 6.17. The van der Waals surface area contributed by atoms with Crippen LogP contribution in [0.1, 0.15) is 44.9 Å². The molecule has 114 valence electrons. The van der Waals surface area contributed by atoms with Crippen molar-refractivity contribution in [3.05, 3.63) is 0 Å². The lowest BCUT2D eigenvalue weighted by Gasteiger charge is -2.38. The van der Waals surface area contributed by atoms with Gasteiger partial charge in [0.15, 0.2) is 6.04 Å². The van der Waals surface area contributed by atoms with Crippen molar-refractivity contribution < 1.29 is 19.4 Å². The lowest BCUT2D eigenvalue weighted by atomic mass is 9.67. The van der Waals surface area contributed by atoms with Crippen LogP contribution in [0, 0.1) is 17.8 Å². The highest BCUT2D eigenvalue weighted by Gasteiger charge is 2.36. The van der Waals surface area contributed by atoms with Gasteiger partial charge < -0.3 is 15.2 Å². The van der Waals surface area contributed by atoms with E-state index in [1.165, 1.54) is 32.8 Å². The number of fused-ring (bicyclic) bond motifs is 1. The van der Waals surface area contributed by atoms with E-state index >= 15 is 0 Å². The lowest BCUT2D eigenvalue weighted by Crippen LogP contribution is -2.47. The molecule has 4 unspecified atom stereocenters. The zero-order chi connectivity index (χ0) is 14.5. The van der Waals surface area contributed by atoms with Gasteiger partial charge >= 0.3 is 5.97 Å². The third kappa shape index (κ3) is 3.72. The number of ether oxygens (including phenoxy) is 1. The normalized spacial score (nSPS) is 31.1. The summed E-state index contributed by atoms with van der Waals surface area (Å²) in [4.78, 5) is 23.3. The summed E-state index contributed by atoms with van der Waals surface area (Å²) in [5.41, 5.74) is 0. The molecule has 2 aliphatic rings. The molecular formula is C15H25NO4. The van der Waals surface area contributed by atoms with Gasteiger partial charge in [-0.1, -0.05) is 25.7 Å². The van der Waals surface area contributed by atoms with Crippen LogP contribution in [0.4, 0.5) is 0 Å². The first-order chi connectivity index (χ1) is 9.61. The van der Waals surface area contributed by atoms with Crippen LogP contribution in [0.25, 0.3) is 0 Å². The van der Waals surface area contributed by atoms with Gasteiger partial charge in [0.25, 0.3) is 0 Å². The van der Waals surface area contributed by atoms with Gasteiger partial charge in [0.05, 0.1) is 6.61 Å². The minimum Gasteiger partial charge on any atom is -0.480 e. The Bertz CT molecular complexity index is 358. The van der Waals surface area contributed by atoms with E-state index in [1.807, 2.05) is 0 Å². The number of methoxy groups -OCH3 is 1. The number of rotatable bonds is 5. The number of hydrogen-bond donors (Lipinski definition) is 2. The fourth-order valence-electron chi connectivity index (χ4n) is 3.74. The Morgan fingerprint density at radius 1 is 1.20 bits per heavy atom. The number of amides is 1. The summed E-state index contributed by atoms with van der Waals surface area (Å²) >= 11 is 0. The standard InChI is InChI=1S/C15H25NO4/c1-20-9-13(15(18)19)16-14(17)12-7-6-10-4-2-3-5-11(10)8-12/h10-13H,2-9H2,1H3,(H,16,17)(H,18,19). The summed E-state index contributed by atoms with van der Waals surface area (Å²) < 4.78 is 4.84. The average molecular weight is 283 g/mol. The highest BCUT2D eigenvalue weighted by atomic mass is 16.5. The molecule has 2 N–H and O–H groups in total. The highest BCUT2D eigenvalue weighted by Crippen LogP contribution is 2.42. The Balaban J connectivity index is 1.87. The SMILES string of the molecule is COCC(NC(=O)C1CCC2CCCCC2C1)C(=O)O. The summed E-state index contributed by atoms with van der Waals surface area (Å²) in [5.74, 6) is 0.291. The molecule has 0 aromatic heterocycles. The molecule has 0 saturated heterocycles. The molecule has 0 aliphatic heterocycles. The molecule has 20 heavy (non-hydrogen) atoms. The molecule has 2 rings (SSSR count). The van der Waals surface area contributed by atoms with Gasteiger partial charge in [0, 0.05) is 13.0 Å². The third-order valence-corrected chi connectivity index (χ3v) is 4.86. The number of nitrogens with one attached hydrogen (secondary N) is 1. The van der Waals surface area contributed by atoms with Gasteiger partial charge in [0.2, 0.25) is 5.91 Å². The molecule has 0 heterocycles. The molecule has 0 radical (unpaired) electrons. The minimum absolute atomic E-state index is 0.0137. The summed E-state index contributed by atoms with van der Waals surface area (Å²) in [6, 6.07) is -0.934. The molecule has 2 fully saturated rings. The van der Waals surface area contributed by atoms with E-state index in [1.54, 1.807) is 0 Å². The molecule has 0 aromatic rings. The largest absolute Gasteiger partial charge is 0.480 e. The number of carboxylic acids is 1. The fourth-order valence-corrected chi connectivity index (χ4v) is 3.74. The Hall–Kier alpha value is -1.10. The van der Waals surface area contributed by atoms with Crippen LogP contribution in [0.15, 0.2) is 0 Å². The smallest absolute Gasteiger partial charge is 0.328 e. The molecule has 2 aliphatic carbocycles. The van der Waals surface area contributed by atoms with E-state index in [0.29, 0.717) is 5.92 Å². The van der Waals surface area contributed by atoms with Crippen molar-refractivity contribution in [3.63, 3.8) is 0 Å². The molecule has 5 nitrogen and oxygen atoms in total. The van der Waals surface area contributed by atoms with E-state index in [0.717, 1.165) is 25.2 Å². The van der Waals surface area contributed by atoms with Crippen molar-refractivity contribution in [2.75, 3.05) is 13.7 Å². The molecule has 1 amide bonds. The first kappa shape index (κ1) is 15.3. The predicted octanol–water partition coefficient (Wildman–Crippen LogP) is 1.81. The van der Waals surface area contributed by atoms with Crippen molar-refractivity contribution in [1.29, 1.82) is 0 Å². The first-order valence-corrected chi connectivity index (χ1v) is 7.64. The predicted molar refractivity (Wildman–Crippen MR) is 74.2 cm³/mol. The van der Waals surface area contributed by atoms with Gasteiger partial charge in [-0.15, -0.1) is 0 Å². The Morgan fingerprint density at radius 3 is 2.55 bits per heavy atom. The minimum atomic E-state index is -1.04. The number of hydrogen-bond acceptors (Lipinski definition) is 3. The molecular weight excluding hydrogens is 258 g/mol. The van der Waals surface area contributed by atoms with Gasteiger partial charge in [-0.2, -0.15) is 0 Å². The Kier molecular flexibility index (Phi) is 5.40. The van der Waals surface area contributed by atoms with Crippen LogP contribution in [0.2, 0.25) is 0 Å². The van der Waals surface area contributed by atoms with Crippen LogP contribution in [0.3, 0.4) is 0 Å². The summed E-state index contributed by atoms with van der Waals surface area (Å²) in [7, 11) is 1.44. The van der Waals surface area contributed by atoms with Gasteiger partial charge in [-0.25, -0.2) is 4.79 Å². The Morgan fingerprint density at radius 2 is 1.90 bits per heavy atom. The van der Waals surface area contributed by atoms with Crippen molar-refractivity contribution in [3.8, 4) is 0 Å². The number of carbonyl (C=O) groups is 2. The van der Waals surface area contributed by atoms with Crippen LogP contribution >= 0.6 is 0 Å². The van der Waals surface area contributed by atoms with Crippen LogP contribution in [-0.4, -0.2) is 36.7 Å². The van der Waals surface area contributed by atoms with Crippen LogP contribution in [0.5, 0.6) is 0 Å². The van der Waals surface area contributed by atoms with E-state index < -0.39 is 12.0 Å². The zero-order valence-electron chi connectivity index (χ0n) is 12.1. The van der Waals surface area contributed by atoms with E-state index in [2.05, 4.69) is 5.32 Å². The van der Waals surface area contributed by atoms with Crippen molar-refractivity contribution in [2.24, 2.45) is 17.8 Å². The lowest BCUT2D eigenvalue weighted by molar-refractivity contribution is -0.144. The number of carbonyl (C=O) groups excluding carboxylic acids is 1. The fraction of sp³-hybridized carbons (Fsp3) is 0.867. The van der Waals surface area contributed by atoms with Crippen LogP contribution < -0.4 is 5.32 Å². The monoisotopic (exact) mass is 283 g/mol. The van der Waals surface area contributed by atoms with E-state index in [4.69, 9.17) is 9.84 Å². The number of aliphatic carboxylic acids is 1. The number of carboxylic acid groups (broad SMARTS) is 1. The first-order valence-electron chi connectivity index (χ1n) is 7.64.